The predicted molar refractivity (Wildman–Crippen MR) is 121 cm³/mol. The van der Waals surface area contributed by atoms with Crippen LogP contribution in [0.5, 0.6) is 0 Å². The van der Waals surface area contributed by atoms with E-state index in [9.17, 15) is 0 Å². The first-order valence-electron chi connectivity index (χ1n) is 11.4. The van der Waals surface area contributed by atoms with Crippen LogP contribution in [0.4, 0.5) is 0 Å². The number of unbranched alkanes of at least 4 members (excludes halogenated alkanes) is 9. The summed E-state index contributed by atoms with van der Waals surface area (Å²) in [5.41, 5.74) is 1.19. The first-order valence-corrected chi connectivity index (χ1v) is 11.4. The molecule has 0 amide bonds. The van der Waals surface area contributed by atoms with E-state index in [0.717, 1.165) is 13.0 Å². The van der Waals surface area contributed by atoms with Crippen molar-refractivity contribution < 1.29 is 9.47 Å². The Morgan fingerprint density at radius 2 is 1.21 bits per heavy atom. The van der Waals surface area contributed by atoms with Crippen molar-refractivity contribution in [1.29, 1.82) is 0 Å². The number of ether oxygens (including phenoxy) is 2. The van der Waals surface area contributed by atoms with Gasteiger partial charge in [0.05, 0.1) is 13.2 Å². The number of allylic oxidation sites excluding steroid dienone is 3. The average molecular weight is 387 g/mol. The van der Waals surface area contributed by atoms with Gasteiger partial charge in [-0.05, 0) is 44.1 Å². The van der Waals surface area contributed by atoms with Crippen LogP contribution in [-0.2, 0) is 16.1 Å². The van der Waals surface area contributed by atoms with E-state index in [0.29, 0.717) is 13.4 Å². The molecule has 1 rings (SSSR count). The third-order valence-corrected chi connectivity index (χ3v) is 4.76. The van der Waals surface area contributed by atoms with E-state index in [2.05, 4.69) is 43.4 Å². The monoisotopic (exact) mass is 386 g/mol. The third kappa shape index (κ3) is 16.8. The normalized spacial score (nSPS) is 11.8. The van der Waals surface area contributed by atoms with Crippen LogP contribution in [0.2, 0.25) is 0 Å². The Balaban J connectivity index is 1.75. The lowest BCUT2D eigenvalue weighted by molar-refractivity contribution is -0.0600. The van der Waals surface area contributed by atoms with Gasteiger partial charge in [0.15, 0.2) is 0 Å². The van der Waals surface area contributed by atoms with Gasteiger partial charge in [-0.25, -0.2) is 0 Å². The molecular weight excluding hydrogens is 344 g/mol. The lowest BCUT2D eigenvalue weighted by Gasteiger charge is -2.04. The van der Waals surface area contributed by atoms with Crippen LogP contribution in [0.1, 0.15) is 89.5 Å². The molecule has 0 saturated carbocycles. The molecule has 0 unspecified atom stereocenters. The lowest BCUT2D eigenvalue weighted by Crippen LogP contribution is -2.01. The van der Waals surface area contributed by atoms with E-state index in [4.69, 9.17) is 9.47 Å². The van der Waals surface area contributed by atoms with Crippen LogP contribution < -0.4 is 0 Å². The van der Waals surface area contributed by atoms with Crippen LogP contribution in [0, 0.1) is 0 Å². The fourth-order valence-electron chi connectivity index (χ4n) is 3.03. The zero-order chi connectivity index (χ0) is 20.0. The highest BCUT2D eigenvalue weighted by Gasteiger charge is 1.92. The van der Waals surface area contributed by atoms with E-state index in [1.807, 2.05) is 18.2 Å². The Labute approximate surface area is 174 Å². The number of hydrogen-bond donors (Lipinski definition) is 0. The highest BCUT2D eigenvalue weighted by atomic mass is 16.7. The summed E-state index contributed by atoms with van der Waals surface area (Å²) in [5, 5.41) is 0. The van der Waals surface area contributed by atoms with E-state index in [1.54, 1.807) is 0 Å². The minimum Gasteiger partial charge on any atom is -0.355 e. The summed E-state index contributed by atoms with van der Waals surface area (Å²) < 4.78 is 11.0. The maximum absolute atomic E-state index is 5.50. The highest BCUT2D eigenvalue weighted by molar-refractivity contribution is 5.13. The minimum absolute atomic E-state index is 0.372. The molecule has 0 spiro atoms. The molecular formula is C26H42O2. The van der Waals surface area contributed by atoms with Crippen LogP contribution in [0.15, 0.2) is 54.6 Å². The molecule has 0 radical (unpaired) electrons. The van der Waals surface area contributed by atoms with E-state index >= 15 is 0 Å². The summed E-state index contributed by atoms with van der Waals surface area (Å²) in [4.78, 5) is 0. The molecule has 0 bridgehead atoms. The molecule has 1 aromatic carbocycles. The van der Waals surface area contributed by atoms with Gasteiger partial charge in [0.2, 0.25) is 0 Å². The SMILES string of the molecule is CCCCC=CCCCCCCCCC=CCCOCOCc1ccccc1. The molecule has 0 aliphatic rings. The first kappa shape index (κ1) is 24.7. The summed E-state index contributed by atoms with van der Waals surface area (Å²) in [6.07, 6.45) is 24.8. The van der Waals surface area contributed by atoms with Crippen molar-refractivity contribution in [3.8, 4) is 0 Å². The third-order valence-electron chi connectivity index (χ3n) is 4.76. The van der Waals surface area contributed by atoms with Crippen molar-refractivity contribution in [2.24, 2.45) is 0 Å². The van der Waals surface area contributed by atoms with Gasteiger partial charge in [0.25, 0.3) is 0 Å². The smallest absolute Gasteiger partial charge is 0.147 e. The number of rotatable bonds is 19. The van der Waals surface area contributed by atoms with Gasteiger partial charge in [-0.3, -0.25) is 0 Å². The topological polar surface area (TPSA) is 18.5 Å². The van der Waals surface area contributed by atoms with Gasteiger partial charge in [-0.15, -0.1) is 0 Å². The highest BCUT2D eigenvalue weighted by Crippen LogP contribution is 2.10. The Bertz CT molecular complexity index is 478. The van der Waals surface area contributed by atoms with Gasteiger partial charge in [0, 0.05) is 0 Å². The lowest BCUT2D eigenvalue weighted by atomic mass is 10.1. The van der Waals surface area contributed by atoms with Gasteiger partial charge < -0.3 is 9.47 Å². The quantitative estimate of drug-likeness (QED) is 0.136. The van der Waals surface area contributed by atoms with Gasteiger partial charge in [-0.2, -0.15) is 0 Å². The summed E-state index contributed by atoms with van der Waals surface area (Å²) in [7, 11) is 0. The fourth-order valence-corrected chi connectivity index (χ4v) is 3.03. The van der Waals surface area contributed by atoms with Crippen LogP contribution in [0.25, 0.3) is 0 Å². The van der Waals surface area contributed by atoms with Crippen LogP contribution in [0.3, 0.4) is 0 Å². The van der Waals surface area contributed by atoms with E-state index in [1.165, 1.54) is 76.2 Å². The zero-order valence-electron chi connectivity index (χ0n) is 18.1. The molecule has 0 saturated heterocycles. The molecule has 1 aromatic rings. The van der Waals surface area contributed by atoms with Crippen molar-refractivity contribution in [2.45, 2.75) is 90.6 Å². The summed E-state index contributed by atoms with van der Waals surface area (Å²) in [6, 6.07) is 10.2. The molecule has 158 valence electrons. The first-order chi connectivity index (χ1) is 13.9. The molecule has 2 heteroatoms. The Hall–Kier alpha value is -1.38. The molecule has 0 N–H and O–H groups in total. The molecule has 0 atom stereocenters. The Kier molecular flexibility index (Phi) is 17.9. The van der Waals surface area contributed by atoms with Crippen molar-refractivity contribution in [3.63, 3.8) is 0 Å². The predicted octanol–water partition coefficient (Wildman–Crippen LogP) is 7.99. The van der Waals surface area contributed by atoms with Crippen molar-refractivity contribution in [3.05, 3.63) is 60.2 Å². The molecule has 28 heavy (non-hydrogen) atoms. The van der Waals surface area contributed by atoms with Crippen molar-refractivity contribution >= 4 is 0 Å². The second-order valence-corrected chi connectivity index (χ2v) is 7.43. The standard InChI is InChI=1S/C26H42O2/c1-2-3-4-5-6-7-8-9-10-11-12-13-14-15-16-20-23-27-25-28-24-26-21-18-17-19-22-26/h5-6,15-19,21-22H,2-4,7-14,20,23-25H2,1H3. The number of benzene rings is 1. The minimum atomic E-state index is 0.372. The van der Waals surface area contributed by atoms with Crippen molar-refractivity contribution in [1.82, 2.24) is 0 Å². The van der Waals surface area contributed by atoms with Crippen LogP contribution >= 0.6 is 0 Å². The summed E-state index contributed by atoms with van der Waals surface area (Å²) >= 11 is 0. The molecule has 2 nitrogen and oxygen atoms in total. The maximum atomic E-state index is 5.50. The Morgan fingerprint density at radius 3 is 1.86 bits per heavy atom. The molecule has 0 aromatic heterocycles. The van der Waals surface area contributed by atoms with Crippen molar-refractivity contribution in [2.75, 3.05) is 13.4 Å². The second kappa shape index (κ2) is 20.4. The fraction of sp³-hybridized carbons (Fsp3) is 0.615. The zero-order valence-corrected chi connectivity index (χ0v) is 18.1. The largest absolute Gasteiger partial charge is 0.355 e. The van der Waals surface area contributed by atoms with Gasteiger partial charge in [0.1, 0.15) is 6.79 Å². The number of hydrogen-bond acceptors (Lipinski definition) is 2. The van der Waals surface area contributed by atoms with Gasteiger partial charge >= 0.3 is 0 Å². The average Bonchev–Trinajstić information content (AvgIpc) is 2.73. The molecule has 0 fully saturated rings. The maximum Gasteiger partial charge on any atom is 0.147 e. The second-order valence-electron chi connectivity index (χ2n) is 7.43. The Morgan fingerprint density at radius 1 is 0.643 bits per heavy atom. The van der Waals surface area contributed by atoms with E-state index in [-0.39, 0.29) is 0 Å². The van der Waals surface area contributed by atoms with Crippen LogP contribution in [-0.4, -0.2) is 13.4 Å². The molecule has 0 heterocycles. The molecule has 0 aliphatic heterocycles. The summed E-state index contributed by atoms with van der Waals surface area (Å²) in [5.74, 6) is 0. The molecule has 0 aliphatic carbocycles. The summed E-state index contributed by atoms with van der Waals surface area (Å²) in [6.45, 7) is 3.98. The van der Waals surface area contributed by atoms with E-state index < -0.39 is 0 Å². The van der Waals surface area contributed by atoms with Gasteiger partial charge in [-0.1, -0.05) is 100 Å².